The van der Waals surface area contributed by atoms with E-state index in [0.717, 1.165) is 25.9 Å². The quantitative estimate of drug-likeness (QED) is 0.267. The molecule has 8 nitrogen and oxygen atoms in total. The van der Waals surface area contributed by atoms with Gasteiger partial charge in [-0.25, -0.2) is 4.79 Å². The summed E-state index contributed by atoms with van der Waals surface area (Å²) in [4.78, 5) is 42.0. The molecule has 1 saturated heterocycles. The van der Waals surface area contributed by atoms with E-state index in [1.165, 1.54) is 35.9 Å². The van der Waals surface area contributed by atoms with Crippen molar-refractivity contribution >= 4 is 44.4 Å². The van der Waals surface area contributed by atoms with Crippen molar-refractivity contribution in [3.05, 3.63) is 82.1 Å². The van der Waals surface area contributed by atoms with E-state index in [0.29, 0.717) is 46.7 Å². The molecule has 1 saturated carbocycles. The van der Waals surface area contributed by atoms with Gasteiger partial charge in [0.15, 0.2) is 0 Å². The number of nitrogens with zero attached hydrogens (tertiary/aromatic N) is 2. The van der Waals surface area contributed by atoms with E-state index in [-0.39, 0.29) is 28.8 Å². The third-order valence-corrected chi connectivity index (χ3v) is 11.5. The highest BCUT2D eigenvalue weighted by Gasteiger charge is 2.41. The fourth-order valence-corrected chi connectivity index (χ4v) is 8.49. The molecule has 2 aliphatic rings. The molecule has 2 N–H and O–H groups in total. The summed E-state index contributed by atoms with van der Waals surface area (Å²) in [5.41, 5.74) is -2.28. The highest BCUT2D eigenvalue weighted by molar-refractivity contribution is 7.85. The molecule has 0 bridgehead atoms. The third kappa shape index (κ3) is 6.39. The molecule has 48 heavy (non-hydrogen) atoms. The zero-order chi connectivity index (χ0) is 34.4. The molecule has 1 amide bonds. The Labute approximate surface area is 278 Å². The number of para-hydroxylation sites is 1. The van der Waals surface area contributed by atoms with Crippen LogP contribution in [0, 0.1) is 5.41 Å². The second kappa shape index (κ2) is 13.1. The van der Waals surface area contributed by atoms with Crippen LogP contribution in [-0.2, 0) is 40.0 Å². The fraction of sp³-hybridized carbons (Fsp3) is 0.417. The molecule has 3 aromatic carbocycles. The summed E-state index contributed by atoms with van der Waals surface area (Å²) in [7, 11) is 0.669. The lowest BCUT2D eigenvalue weighted by molar-refractivity contribution is -0.144. The number of carboxylic acids is 1. The number of benzene rings is 3. The van der Waals surface area contributed by atoms with E-state index in [4.69, 9.17) is 0 Å². The van der Waals surface area contributed by atoms with Gasteiger partial charge in [0.05, 0.1) is 16.6 Å². The largest absolute Gasteiger partial charge is 0.480 e. The van der Waals surface area contributed by atoms with Crippen LogP contribution in [0.5, 0.6) is 0 Å². The number of aliphatic carboxylic acids is 1. The van der Waals surface area contributed by atoms with Gasteiger partial charge in [-0.05, 0) is 53.6 Å². The van der Waals surface area contributed by atoms with Gasteiger partial charge >= 0.3 is 12.1 Å². The van der Waals surface area contributed by atoms with Crippen molar-refractivity contribution in [1.82, 2.24) is 14.8 Å². The number of fused-ring (bicyclic) bond motifs is 2. The smallest absolute Gasteiger partial charge is 0.417 e. The maximum Gasteiger partial charge on any atom is 0.417 e. The number of rotatable bonds is 7. The Balaban J connectivity index is 1.29. The molecule has 1 aliphatic carbocycles. The summed E-state index contributed by atoms with van der Waals surface area (Å²) in [5.74, 6) is -0.250. The van der Waals surface area contributed by atoms with Gasteiger partial charge in [-0.15, -0.1) is 0 Å². The number of nitrogens with one attached hydrogen (secondary N) is 1. The molecule has 12 heteroatoms. The lowest BCUT2D eigenvalue weighted by atomic mass is 9.72. The SMILES string of the molecule is Cn1c(=O)c(-c2cccc3c(C[C@H](NC(=O)C4(C)CCC(N5CCS(=O)CC5)CC4)C(=O)O)cccc23)c(C(F)(F)F)c2ccccc21. The van der Waals surface area contributed by atoms with E-state index < -0.39 is 51.1 Å². The topological polar surface area (TPSA) is 109 Å². The molecule has 0 radical (unpaired) electrons. The van der Waals surface area contributed by atoms with E-state index in [9.17, 15) is 36.9 Å². The number of aryl methyl sites for hydroxylation is 1. The van der Waals surface area contributed by atoms with Crippen LogP contribution in [-0.4, -0.2) is 67.3 Å². The van der Waals surface area contributed by atoms with Crippen LogP contribution in [0.1, 0.15) is 43.7 Å². The van der Waals surface area contributed by atoms with Gasteiger partial charge in [0, 0.05) is 65.7 Å². The fourth-order valence-electron chi connectivity index (χ4n) is 7.41. The van der Waals surface area contributed by atoms with Crippen LogP contribution >= 0.6 is 0 Å². The number of pyridine rings is 1. The van der Waals surface area contributed by atoms with E-state index in [1.807, 2.05) is 6.92 Å². The number of carbonyl (C=O) groups excluding carboxylic acids is 1. The molecule has 1 aliphatic heterocycles. The zero-order valence-electron chi connectivity index (χ0n) is 26.8. The summed E-state index contributed by atoms with van der Waals surface area (Å²) >= 11 is 0. The monoisotopic (exact) mass is 681 g/mol. The second-order valence-electron chi connectivity index (χ2n) is 13.2. The molecule has 2 heterocycles. The normalized spacial score (nSPS) is 21.7. The van der Waals surface area contributed by atoms with Gasteiger partial charge in [0.2, 0.25) is 5.91 Å². The summed E-state index contributed by atoms with van der Waals surface area (Å²) < 4.78 is 57.0. The van der Waals surface area contributed by atoms with Crippen LogP contribution < -0.4 is 10.9 Å². The predicted molar refractivity (Wildman–Crippen MR) is 180 cm³/mol. The maximum atomic E-state index is 14.7. The van der Waals surface area contributed by atoms with Gasteiger partial charge < -0.3 is 15.0 Å². The van der Waals surface area contributed by atoms with Crippen molar-refractivity contribution in [3.8, 4) is 11.1 Å². The Bertz CT molecular complexity index is 1970. The molecule has 1 aromatic heterocycles. The molecule has 4 aromatic rings. The van der Waals surface area contributed by atoms with Crippen LogP contribution in [0.2, 0.25) is 0 Å². The van der Waals surface area contributed by atoms with E-state index in [2.05, 4.69) is 10.2 Å². The predicted octanol–water partition coefficient (Wildman–Crippen LogP) is 5.50. The molecule has 254 valence electrons. The number of aromatic nitrogens is 1. The minimum absolute atomic E-state index is 0.0909. The Morgan fingerprint density at radius 2 is 1.60 bits per heavy atom. The van der Waals surface area contributed by atoms with Gasteiger partial charge in [-0.3, -0.25) is 18.7 Å². The molecule has 0 spiro atoms. The number of halogens is 3. The summed E-state index contributed by atoms with van der Waals surface area (Å²) in [5, 5.41) is 13.7. The van der Waals surface area contributed by atoms with Gasteiger partial charge in [0.25, 0.3) is 5.56 Å². The lowest BCUT2D eigenvalue weighted by Crippen LogP contribution is -2.52. The highest BCUT2D eigenvalue weighted by Crippen LogP contribution is 2.42. The highest BCUT2D eigenvalue weighted by atomic mass is 32.2. The summed E-state index contributed by atoms with van der Waals surface area (Å²) in [6, 6.07) is 14.6. The number of carboxylic acid groups (broad SMARTS) is 1. The average molecular weight is 682 g/mol. The van der Waals surface area contributed by atoms with Crippen LogP contribution in [0.25, 0.3) is 32.8 Å². The van der Waals surface area contributed by atoms with Crippen molar-refractivity contribution in [2.24, 2.45) is 12.5 Å². The number of amides is 1. The molecule has 2 fully saturated rings. The van der Waals surface area contributed by atoms with E-state index in [1.54, 1.807) is 36.4 Å². The van der Waals surface area contributed by atoms with Gasteiger partial charge in [-0.2, -0.15) is 13.2 Å². The Morgan fingerprint density at radius 1 is 0.979 bits per heavy atom. The first-order chi connectivity index (χ1) is 22.8. The summed E-state index contributed by atoms with van der Waals surface area (Å²) in [6.45, 7) is 3.41. The molecule has 0 unspecified atom stereocenters. The van der Waals surface area contributed by atoms with Crippen molar-refractivity contribution in [2.45, 2.75) is 57.3 Å². The Morgan fingerprint density at radius 3 is 2.27 bits per heavy atom. The first-order valence-corrected chi connectivity index (χ1v) is 17.6. The van der Waals surface area contributed by atoms with Crippen LogP contribution in [0.4, 0.5) is 13.2 Å². The first-order valence-electron chi connectivity index (χ1n) is 16.1. The number of alkyl halides is 3. The zero-order valence-corrected chi connectivity index (χ0v) is 27.6. The lowest BCUT2D eigenvalue weighted by Gasteiger charge is -2.42. The number of hydrogen-bond donors (Lipinski definition) is 2. The van der Waals surface area contributed by atoms with Crippen molar-refractivity contribution in [3.63, 3.8) is 0 Å². The van der Waals surface area contributed by atoms with Gasteiger partial charge in [-0.1, -0.05) is 61.5 Å². The van der Waals surface area contributed by atoms with Crippen molar-refractivity contribution < 1.29 is 32.1 Å². The minimum Gasteiger partial charge on any atom is -0.480 e. The number of hydrogen-bond acceptors (Lipinski definition) is 5. The number of carbonyl (C=O) groups is 2. The van der Waals surface area contributed by atoms with Crippen molar-refractivity contribution in [1.29, 1.82) is 0 Å². The summed E-state index contributed by atoms with van der Waals surface area (Å²) in [6.07, 6.45) is -2.18. The first kappa shape index (κ1) is 33.9. The van der Waals surface area contributed by atoms with Gasteiger partial charge in [0.1, 0.15) is 6.04 Å². The average Bonchev–Trinajstić information content (AvgIpc) is 3.06. The maximum absolute atomic E-state index is 14.7. The van der Waals surface area contributed by atoms with Crippen LogP contribution in [0.3, 0.4) is 0 Å². The molecule has 6 rings (SSSR count). The molecular weight excluding hydrogens is 643 g/mol. The molecular formula is C36H38F3N3O5S. The van der Waals surface area contributed by atoms with Crippen molar-refractivity contribution in [2.75, 3.05) is 24.6 Å². The van der Waals surface area contributed by atoms with E-state index >= 15 is 0 Å². The Kier molecular flexibility index (Phi) is 9.25. The Hall–Kier alpha value is -4.03. The molecule has 1 atom stereocenters. The second-order valence-corrected chi connectivity index (χ2v) is 14.9. The van der Waals surface area contributed by atoms with Crippen LogP contribution in [0.15, 0.2) is 65.5 Å². The minimum atomic E-state index is -4.83. The standard InChI is InChI=1S/C36H38F3N3O5S/c1-35(15-13-23(14-16-35)42-17-19-48(47)20-18-42)34(46)40-28(33(44)45)21-22-7-5-10-25-24(22)9-6-11-26(25)30-31(36(37,38)39)27-8-3-4-12-29(27)41(2)32(30)43/h3-12,23,28H,13-21H2,1-2H3,(H,40,46)(H,44,45)/t23?,28-,35?/m0/s1. The third-order valence-electron chi connectivity index (χ3n) is 10.2.